The van der Waals surface area contributed by atoms with Crippen LogP contribution in [-0.2, 0) is 9.53 Å². The number of rotatable bonds is 6. The van der Waals surface area contributed by atoms with Crippen LogP contribution in [0.4, 0.5) is 0 Å². The molecule has 0 saturated heterocycles. The van der Waals surface area contributed by atoms with E-state index in [-0.39, 0.29) is 18.1 Å². The van der Waals surface area contributed by atoms with Gasteiger partial charge in [-0.05, 0) is 6.92 Å². The molecule has 2 N–H and O–H groups in total. The maximum Gasteiger partial charge on any atom is 0.362 e. The first-order valence-corrected chi connectivity index (χ1v) is 5.44. The molecule has 0 aliphatic rings. The highest BCUT2D eigenvalue weighted by Crippen LogP contribution is 2.06. The molecule has 0 aromatic carbocycles. The average Bonchev–Trinajstić information content (AvgIpc) is 2.33. The minimum atomic E-state index is -0.307. The molecule has 0 amide bonds. The van der Waals surface area contributed by atoms with E-state index in [9.17, 15) is 4.79 Å². The lowest BCUT2D eigenvalue weighted by Crippen LogP contribution is -2.80. The number of nitriles is 2. The van der Waals surface area contributed by atoms with E-state index in [1.54, 1.807) is 43.5 Å². The number of hydrogen-bond donors (Lipinski definition) is 1. The lowest BCUT2D eigenvalue weighted by Gasteiger charge is -2.12. The second-order valence-corrected chi connectivity index (χ2v) is 3.48. The van der Waals surface area contributed by atoms with E-state index in [2.05, 4.69) is 0 Å². The van der Waals surface area contributed by atoms with E-state index in [4.69, 9.17) is 15.3 Å². The Morgan fingerprint density at radius 2 is 2.00 bits per heavy atom. The number of allylic oxidation sites excluding steroid dienone is 2. The van der Waals surface area contributed by atoms with E-state index in [0.29, 0.717) is 12.3 Å². The van der Waals surface area contributed by atoms with Crippen molar-refractivity contribution in [3.05, 3.63) is 23.5 Å². The van der Waals surface area contributed by atoms with Gasteiger partial charge in [0.15, 0.2) is 12.1 Å². The Bertz CT molecular complexity index is 408. The molecule has 96 valence electrons. The number of nitrogens with zero attached hydrogens (tertiary/aromatic N) is 3. The van der Waals surface area contributed by atoms with Gasteiger partial charge in [0.05, 0.1) is 18.5 Å². The van der Waals surface area contributed by atoms with Crippen molar-refractivity contribution in [1.82, 2.24) is 4.90 Å². The molecule has 0 rings (SSSR count). The zero-order chi connectivity index (χ0) is 14.0. The molecule has 0 aromatic rings. The summed E-state index contributed by atoms with van der Waals surface area (Å²) in [6.45, 7) is 2.26. The van der Waals surface area contributed by atoms with E-state index in [1.807, 2.05) is 12.1 Å². The van der Waals surface area contributed by atoms with Crippen LogP contribution in [0.5, 0.6) is 0 Å². The predicted molar refractivity (Wildman–Crippen MR) is 64.5 cm³/mol. The SMILES string of the molecule is CCOC(=O)C[NH2+]/C=C/C(=C(C#N)C#N)N(C)C. The van der Waals surface area contributed by atoms with Crippen molar-refractivity contribution in [1.29, 1.82) is 10.5 Å². The summed E-state index contributed by atoms with van der Waals surface area (Å²) < 4.78 is 4.75. The Kier molecular flexibility index (Phi) is 7.67. The summed E-state index contributed by atoms with van der Waals surface area (Å²) in [7, 11) is 3.47. The van der Waals surface area contributed by atoms with Crippen LogP contribution in [0, 0.1) is 22.7 Å². The topological polar surface area (TPSA) is 93.7 Å². The van der Waals surface area contributed by atoms with Gasteiger partial charge in [-0.15, -0.1) is 0 Å². The first-order chi connectivity index (χ1) is 8.56. The van der Waals surface area contributed by atoms with Crippen molar-refractivity contribution in [2.24, 2.45) is 0 Å². The largest absolute Gasteiger partial charge is 0.462 e. The highest BCUT2D eigenvalue weighted by Gasteiger charge is 2.06. The fourth-order valence-electron chi connectivity index (χ4n) is 1.14. The maximum absolute atomic E-state index is 11.1. The summed E-state index contributed by atoms with van der Waals surface area (Å²) in [6.07, 6.45) is 3.24. The van der Waals surface area contributed by atoms with Crippen LogP contribution in [0.3, 0.4) is 0 Å². The Morgan fingerprint density at radius 1 is 1.39 bits per heavy atom. The zero-order valence-corrected chi connectivity index (χ0v) is 10.8. The Hall–Kier alpha value is -2.31. The van der Waals surface area contributed by atoms with Gasteiger partial charge in [0, 0.05) is 20.2 Å². The van der Waals surface area contributed by atoms with Gasteiger partial charge in [0.2, 0.25) is 0 Å². The summed E-state index contributed by atoms with van der Waals surface area (Å²) >= 11 is 0. The van der Waals surface area contributed by atoms with Crippen LogP contribution in [0.1, 0.15) is 6.92 Å². The van der Waals surface area contributed by atoms with Gasteiger partial charge in [-0.3, -0.25) is 0 Å². The highest BCUT2D eigenvalue weighted by atomic mass is 16.5. The summed E-state index contributed by atoms with van der Waals surface area (Å²) in [5.74, 6) is -0.307. The van der Waals surface area contributed by atoms with Crippen molar-refractivity contribution in [2.45, 2.75) is 6.92 Å². The number of quaternary nitrogens is 1. The number of hydrogen-bond acceptors (Lipinski definition) is 5. The number of esters is 1. The first kappa shape index (κ1) is 15.7. The molecule has 0 aromatic heterocycles. The minimum absolute atomic E-state index is 0.0285. The Balaban J connectivity index is 4.56. The lowest BCUT2D eigenvalue weighted by molar-refractivity contribution is -0.577. The second kappa shape index (κ2) is 8.80. The maximum atomic E-state index is 11.1. The summed E-state index contributed by atoms with van der Waals surface area (Å²) in [5, 5.41) is 19.2. The number of nitrogens with two attached hydrogens (primary N) is 1. The monoisotopic (exact) mass is 249 g/mol. The standard InChI is InChI=1S/C12H16N4O2/c1-4-18-12(17)9-15-6-5-11(16(2)3)10(7-13)8-14/h5-6,15H,4,9H2,1-3H3/p+1/b6-5+. The van der Waals surface area contributed by atoms with Gasteiger partial charge in [-0.25, -0.2) is 4.79 Å². The Morgan fingerprint density at radius 3 is 2.44 bits per heavy atom. The third kappa shape index (κ3) is 5.69. The molecule has 0 atom stereocenters. The van der Waals surface area contributed by atoms with E-state index >= 15 is 0 Å². The van der Waals surface area contributed by atoms with Crippen LogP contribution in [0.25, 0.3) is 0 Å². The average molecular weight is 249 g/mol. The summed E-state index contributed by atoms with van der Waals surface area (Å²) in [6, 6.07) is 3.65. The highest BCUT2D eigenvalue weighted by molar-refractivity contribution is 5.70. The van der Waals surface area contributed by atoms with E-state index in [0.717, 1.165) is 0 Å². The van der Waals surface area contributed by atoms with Crippen molar-refractivity contribution < 1.29 is 14.8 Å². The number of carbonyl (C=O) groups excluding carboxylic acids is 1. The molecule has 0 unspecified atom stereocenters. The van der Waals surface area contributed by atoms with Crippen molar-refractivity contribution in [3.63, 3.8) is 0 Å². The zero-order valence-electron chi connectivity index (χ0n) is 10.8. The number of ether oxygens (including phenoxy) is 1. The van der Waals surface area contributed by atoms with Crippen LogP contribution >= 0.6 is 0 Å². The molecule has 0 saturated carbocycles. The van der Waals surface area contributed by atoms with Gasteiger partial charge < -0.3 is 15.0 Å². The molecule has 0 heterocycles. The van der Waals surface area contributed by atoms with E-state index in [1.165, 1.54) is 0 Å². The van der Waals surface area contributed by atoms with Gasteiger partial charge in [-0.1, -0.05) is 0 Å². The van der Waals surface area contributed by atoms with Crippen molar-refractivity contribution in [2.75, 3.05) is 27.2 Å². The molecule has 0 spiro atoms. The summed E-state index contributed by atoms with van der Waals surface area (Å²) in [5.41, 5.74) is 0.529. The molecular formula is C12H17N4O2+. The molecule has 6 nitrogen and oxygen atoms in total. The second-order valence-electron chi connectivity index (χ2n) is 3.48. The van der Waals surface area contributed by atoms with Gasteiger partial charge in [-0.2, -0.15) is 10.5 Å². The Labute approximate surface area is 107 Å². The minimum Gasteiger partial charge on any atom is -0.462 e. The van der Waals surface area contributed by atoms with Crippen LogP contribution in [0.2, 0.25) is 0 Å². The third-order valence-corrected chi connectivity index (χ3v) is 1.94. The quantitative estimate of drug-likeness (QED) is 0.389. The van der Waals surface area contributed by atoms with Crippen LogP contribution < -0.4 is 5.32 Å². The number of likely N-dealkylation sites (N-methyl/N-ethyl adjacent to an activating group) is 1. The van der Waals surface area contributed by atoms with Crippen molar-refractivity contribution in [3.8, 4) is 12.1 Å². The molecule has 0 fully saturated rings. The molecular weight excluding hydrogens is 232 g/mol. The van der Waals surface area contributed by atoms with E-state index < -0.39 is 0 Å². The lowest BCUT2D eigenvalue weighted by atomic mass is 10.2. The fourth-order valence-corrected chi connectivity index (χ4v) is 1.14. The van der Waals surface area contributed by atoms with Gasteiger partial charge in [0.25, 0.3) is 0 Å². The van der Waals surface area contributed by atoms with Crippen molar-refractivity contribution >= 4 is 5.97 Å². The fraction of sp³-hybridized carbons (Fsp3) is 0.417. The molecule has 0 bridgehead atoms. The smallest absolute Gasteiger partial charge is 0.362 e. The number of carbonyl (C=O) groups is 1. The molecule has 0 radical (unpaired) electrons. The normalized spacial score (nSPS) is 9.39. The predicted octanol–water partition coefficient (Wildman–Crippen LogP) is -0.511. The molecule has 0 aliphatic heterocycles. The third-order valence-electron chi connectivity index (χ3n) is 1.94. The van der Waals surface area contributed by atoms with Crippen LogP contribution in [0.15, 0.2) is 23.5 Å². The van der Waals surface area contributed by atoms with Gasteiger partial charge in [0.1, 0.15) is 12.1 Å². The van der Waals surface area contributed by atoms with Gasteiger partial charge >= 0.3 is 5.97 Å². The van der Waals surface area contributed by atoms with Crippen LogP contribution in [-0.4, -0.2) is 38.1 Å². The molecule has 6 heteroatoms. The molecule has 0 aliphatic carbocycles. The first-order valence-electron chi connectivity index (χ1n) is 5.44. The molecule has 18 heavy (non-hydrogen) atoms. The summed E-state index contributed by atoms with van der Waals surface area (Å²) in [4.78, 5) is 12.7.